The van der Waals surface area contributed by atoms with Crippen LogP contribution < -0.4 is 0 Å². The van der Waals surface area contributed by atoms with E-state index in [9.17, 15) is 0 Å². The van der Waals surface area contributed by atoms with E-state index in [0.717, 1.165) is 0 Å². The molecule has 0 fully saturated rings. The Morgan fingerprint density at radius 3 is 3.10 bits per heavy atom. The fraction of sp³-hybridized carbons (Fsp3) is 0. The molecule has 0 spiro atoms. The third-order valence-corrected chi connectivity index (χ3v) is 1.12. The Kier molecular flexibility index (Phi) is 1.00. The average Bonchev–Trinajstić information content (AvgIpc) is 2.59. The molecule has 50 valence electrons. The van der Waals surface area contributed by atoms with Gasteiger partial charge in [0, 0.05) is 17.7 Å². The molecule has 0 aromatic carbocycles. The summed E-state index contributed by atoms with van der Waals surface area (Å²) in [4.78, 5) is 3.83. The van der Waals surface area contributed by atoms with Crippen LogP contribution in [0.5, 0.6) is 0 Å². The van der Waals surface area contributed by atoms with E-state index >= 15 is 0 Å². The van der Waals surface area contributed by atoms with Gasteiger partial charge in [-0.3, -0.25) is 4.57 Å². The molecule has 0 saturated carbocycles. The lowest BCUT2D eigenvalue weighted by molar-refractivity contribution is 0.393. The van der Waals surface area contributed by atoms with Crippen LogP contribution in [0.4, 0.5) is 0 Å². The summed E-state index contributed by atoms with van der Waals surface area (Å²) >= 11 is 0. The number of aromatic nitrogens is 4. The average molecular weight is 136 g/mol. The summed E-state index contributed by atoms with van der Waals surface area (Å²) in [5.74, 6) is 0.637. The molecule has 0 radical (unpaired) electrons. The second-order valence-electron chi connectivity index (χ2n) is 1.73. The van der Waals surface area contributed by atoms with Crippen molar-refractivity contribution in [2.45, 2.75) is 0 Å². The van der Waals surface area contributed by atoms with Crippen molar-refractivity contribution in [2.75, 3.05) is 0 Å². The van der Waals surface area contributed by atoms with Gasteiger partial charge in [0.2, 0.25) is 5.82 Å². The van der Waals surface area contributed by atoms with Crippen LogP contribution in [0.2, 0.25) is 0 Å². The highest BCUT2D eigenvalue weighted by Gasteiger charge is 1.96. The Bertz CT molecular complexity index is 253. The molecule has 0 atom stereocenters. The van der Waals surface area contributed by atoms with Crippen molar-refractivity contribution in [1.29, 1.82) is 0 Å². The van der Waals surface area contributed by atoms with Gasteiger partial charge in [0.1, 0.15) is 6.33 Å². The Balaban J connectivity index is 2.48. The van der Waals surface area contributed by atoms with Gasteiger partial charge in [-0.2, -0.15) is 0 Å². The van der Waals surface area contributed by atoms with E-state index in [2.05, 4.69) is 19.9 Å². The van der Waals surface area contributed by atoms with Gasteiger partial charge in [-0.25, -0.2) is 4.98 Å². The van der Waals surface area contributed by atoms with E-state index in [1.54, 1.807) is 23.3 Å². The topological polar surface area (TPSA) is 56.7 Å². The van der Waals surface area contributed by atoms with Crippen LogP contribution in [-0.2, 0) is 0 Å². The zero-order valence-corrected chi connectivity index (χ0v) is 5.01. The van der Waals surface area contributed by atoms with E-state index in [4.69, 9.17) is 0 Å². The number of hydrogen-bond acceptors (Lipinski definition) is 4. The lowest BCUT2D eigenvalue weighted by Gasteiger charge is -1.87. The number of nitrogens with zero attached hydrogens (tertiary/aromatic N) is 4. The quantitative estimate of drug-likeness (QED) is 0.564. The summed E-state index contributed by atoms with van der Waals surface area (Å²) in [5, 5.41) is 6.97. The SMILES string of the molecule is c1cn(-c2conn2)cn1. The van der Waals surface area contributed by atoms with Crippen molar-refractivity contribution in [1.82, 2.24) is 19.9 Å². The molecule has 0 saturated heterocycles. The zero-order chi connectivity index (χ0) is 6.81. The smallest absolute Gasteiger partial charge is 0.202 e. The minimum absolute atomic E-state index is 0.637. The molecule has 0 amide bonds. The molecule has 2 aromatic heterocycles. The Morgan fingerprint density at radius 1 is 1.50 bits per heavy atom. The fourth-order valence-electron chi connectivity index (χ4n) is 0.667. The summed E-state index contributed by atoms with van der Waals surface area (Å²) < 4.78 is 6.23. The molecule has 0 aliphatic heterocycles. The molecule has 0 aliphatic carbocycles. The fourth-order valence-corrected chi connectivity index (χ4v) is 0.667. The van der Waals surface area contributed by atoms with Gasteiger partial charge in [-0.15, -0.1) is 0 Å². The van der Waals surface area contributed by atoms with Gasteiger partial charge >= 0.3 is 0 Å². The van der Waals surface area contributed by atoms with Crippen LogP contribution in [0.3, 0.4) is 0 Å². The predicted octanol–water partition coefficient (Wildman–Crippen LogP) is 0.255. The van der Waals surface area contributed by atoms with Crippen molar-refractivity contribution < 1.29 is 4.52 Å². The predicted molar refractivity (Wildman–Crippen MR) is 31.4 cm³/mol. The van der Waals surface area contributed by atoms with Gasteiger partial charge in [0.25, 0.3) is 0 Å². The molecule has 5 nitrogen and oxygen atoms in total. The maximum atomic E-state index is 4.53. The van der Waals surface area contributed by atoms with Crippen molar-refractivity contribution in [3.05, 3.63) is 25.0 Å². The standard InChI is InChI=1S/C5H4N4O/c1-2-9(4-6-1)5-3-10-8-7-5/h1-4H. The van der Waals surface area contributed by atoms with E-state index in [-0.39, 0.29) is 0 Å². The van der Waals surface area contributed by atoms with Gasteiger partial charge in [-0.05, 0) is 0 Å². The minimum atomic E-state index is 0.637. The van der Waals surface area contributed by atoms with Crippen LogP contribution in [0.25, 0.3) is 5.82 Å². The molecule has 0 unspecified atom stereocenters. The third-order valence-electron chi connectivity index (χ3n) is 1.12. The van der Waals surface area contributed by atoms with Crippen LogP contribution in [0, 0.1) is 0 Å². The van der Waals surface area contributed by atoms with E-state index in [0.29, 0.717) is 5.82 Å². The van der Waals surface area contributed by atoms with Crippen molar-refractivity contribution in [3.63, 3.8) is 0 Å². The van der Waals surface area contributed by atoms with Crippen molar-refractivity contribution in [3.8, 4) is 5.82 Å². The second-order valence-corrected chi connectivity index (χ2v) is 1.73. The van der Waals surface area contributed by atoms with Crippen molar-refractivity contribution in [2.24, 2.45) is 0 Å². The van der Waals surface area contributed by atoms with E-state index in [1.807, 2.05) is 0 Å². The maximum Gasteiger partial charge on any atom is 0.202 e. The second kappa shape index (κ2) is 1.94. The summed E-state index contributed by atoms with van der Waals surface area (Å²) in [5.41, 5.74) is 0. The van der Waals surface area contributed by atoms with Crippen LogP contribution in [-0.4, -0.2) is 19.9 Å². The Morgan fingerprint density at radius 2 is 2.50 bits per heavy atom. The van der Waals surface area contributed by atoms with E-state index in [1.165, 1.54) is 6.26 Å². The monoisotopic (exact) mass is 136 g/mol. The molecule has 0 bridgehead atoms. The summed E-state index contributed by atoms with van der Waals surface area (Å²) in [6, 6.07) is 0. The van der Waals surface area contributed by atoms with Crippen molar-refractivity contribution >= 4 is 0 Å². The zero-order valence-electron chi connectivity index (χ0n) is 5.01. The van der Waals surface area contributed by atoms with Gasteiger partial charge in [-0.1, -0.05) is 5.10 Å². The first-order valence-corrected chi connectivity index (χ1v) is 2.72. The van der Waals surface area contributed by atoms with Gasteiger partial charge in [0.05, 0.1) is 0 Å². The molecule has 2 rings (SSSR count). The Labute approximate surface area is 56.3 Å². The minimum Gasteiger partial charge on any atom is -0.343 e. The first-order chi connectivity index (χ1) is 4.97. The Hall–Kier alpha value is -1.65. The van der Waals surface area contributed by atoms with Crippen LogP contribution >= 0.6 is 0 Å². The normalized spacial score (nSPS) is 10.0. The highest BCUT2D eigenvalue weighted by molar-refractivity contribution is 5.12. The highest BCUT2D eigenvalue weighted by Crippen LogP contribution is 1.98. The van der Waals surface area contributed by atoms with Gasteiger partial charge < -0.3 is 4.52 Å². The first kappa shape index (κ1) is 5.16. The molecule has 5 heteroatoms. The van der Waals surface area contributed by atoms with Gasteiger partial charge in [0.15, 0.2) is 6.26 Å². The summed E-state index contributed by atoms with van der Waals surface area (Å²) in [6.07, 6.45) is 6.50. The molecule has 2 heterocycles. The number of hydrogen-bond donors (Lipinski definition) is 0. The molecule has 0 N–H and O–H groups in total. The lowest BCUT2D eigenvalue weighted by atomic mass is 10.7. The molecular weight excluding hydrogens is 132 g/mol. The first-order valence-electron chi connectivity index (χ1n) is 2.72. The van der Waals surface area contributed by atoms with Crippen LogP contribution in [0.15, 0.2) is 29.5 Å². The molecule has 2 aromatic rings. The maximum absolute atomic E-state index is 4.53. The van der Waals surface area contributed by atoms with E-state index < -0.39 is 0 Å². The lowest BCUT2D eigenvalue weighted by Crippen LogP contribution is -1.88. The largest absolute Gasteiger partial charge is 0.343 e. The summed E-state index contributed by atoms with van der Waals surface area (Å²) in [6.45, 7) is 0. The van der Waals surface area contributed by atoms with Crippen LogP contribution in [0.1, 0.15) is 0 Å². The highest BCUT2D eigenvalue weighted by atomic mass is 16.5. The molecule has 10 heavy (non-hydrogen) atoms. The molecule has 0 aliphatic rings. The molecular formula is C5H4N4O. The summed E-state index contributed by atoms with van der Waals surface area (Å²) in [7, 11) is 0. The number of rotatable bonds is 1. The number of imidazole rings is 1. The third kappa shape index (κ3) is 0.680.